The van der Waals surface area contributed by atoms with Crippen molar-refractivity contribution >= 4 is 17.2 Å². The Kier molecular flexibility index (Phi) is 6.15. The molecule has 18 heavy (non-hydrogen) atoms. The molecule has 4 nitrogen and oxygen atoms in total. The molecule has 4 N–H and O–H groups in total. The van der Waals surface area contributed by atoms with Gasteiger partial charge < -0.3 is 16.3 Å². The fourth-order valence-corrected chi connectivity index (χ4v) is 2.99. The van der Waals surface area contributed by atoms with Gasteiger partial charge in [-0.2, -0.15) is 0 Å². The summed E-state index contributed by atoms with van der Waals surface area (Å²) in [6.07, 6.45) is 2.57. The molecule has 0 aliphatic carbocycles. The topological polar surface area (TPSA) is 70.6 Å². The molecule has 1 aromatic rings. The summed E-state index contributed by atoms with van der Waals surface area (Å²) in [4.78, 5) is 2.74. The maximum absolute atomic E-state index is 8.59. The molecule has 5 heteroatoms. The van der Waals surface area contributed by atoms with Crippen LogP contribution in [0.4, 0.5) is 0 Å². The Balaban J connectivity index is 2.44. The Labute approximate surface area is 113 Å². The lowest BCUT2D eigenvalue weighted by atomic mass is 10.1. The van der Waals surface area contributed by atoms with E-state index in [0.29, 0.717) is 12.5 Å². The summed E-state index contributed by atoms with van der Waals surface area (Å²) in [5, 5.41) is 15.1. The summed E-state index contributed by atoms with van der Waals surface area (Å²) in [6, 6.07) is 4.99. The standard InChI is InChI=1S/C13H23N3OS/c1-4-11(8-13(14)16-17)15-9(2)7-12-6-5-10(3)18-12/h5-6,9,11,15,17H,4,7-8H2,1-3H3,(H2,14,16). The van der Waals surface area contributed by atoms with Gasteiger partial charge in [0.25, 0.3) is 0 Å². The average molecular weight is 269 g/mol. The van der Waals surface area contributed by atoms with Gasteiger partial charge in [0.05, 0.1) is 0 Å². The largest absolute Gasteiger partial charge is 0.409 e. The van der Waals surface area contributed by atoms with Crippen LogP contribution in [0.5, 0.6) is 0 Å². The number of amidine groups is 1. The zero-order valence-electron chi connectivity index (χ0n) is 11.3. The van der Waals surface area contributed by atoms with Crippen molar-refractivity contribution in [1.82, 2.24) is 5.32 Å². The number of oxime groups is 1. The number of thiophene rings is 1. The number of rotatable bonds is 7. The Morgan fingerprint density at radius 2 is 2.28 bits per heavy atom. The first-order valence-corrected chi connectivity index (χ1v) is 7.14. The van der Waals surface area contributed by atoms with E-state index in [4.69, 9.17) is 10.9 Å². The zero-order chi connectivity index (χ0) is 13.5. The van der Waals surface area contributed by atoms with Crippen molar-refractivity contribution in [2.75, 3.05) is 0 Å². The monoisotopic (exact) mass is 269 g/mol. The fourth-order valence-electron chi connectivity index (χ4n) is 1.97. The smallest absolute Gasteiger partial charge is 0.140 e. The molecule has 0 fully saturated rings. The molecular weight excluding hydrogens is 246 g/mol. The minimum atomic E-state index is 0.261. The highest BCUT2D eigenvalue weighted by molar-refractivity contribution is 7.11. The van der Waals surface area contributed by atoms with Crippen LogP contribution >= 0.6 is 11.3 Å². The second-order valence-electron chi connectivity index (χ2n) is 4.68. The van der Waals surface area contributed by atoms with Crippen LogP contribution in [0.2, 0.25) is 0 Å². The average Bonchev–Trinajstić information content (AvgIpc) is 2.73. The van der Waals surface area contributed by atoms with E-state index in [-0.39, 0.29) is 11.9 Å². The Hall–Kier alpha value is -1.07. The lowest BCUT2D eigenvalue weighted by molar-refractivity contribution is 0.314. The van der Waals surface area contributed by atoms with Crippen LogP contribution in [0.1, 0.15) is 36.4 Å². The predicted molar refractivity (Wildman–Crippen MR) is 77.5 cm³/mol. The molecule has 0 aliphatic rings. The van der Waals surface area contributed by atoms with E-state index in [0.717, 1.165) is 12.8 Å². The third kappa shape index (κ3) is 5.06. The number of nitrogens with one attached hydrogen (secondary N) is 1. The molecule has 2 atom stereocenters. The summed E-state index contributed by atoms with van der Waals surface area (Å²) in [6.45, 7) is 6.40. The van der Waals surface area contributed by atoms with Crippen LogP contribution in [0.15, 0.2) is 17.3 Å². The normalized spacial score (nSPS) is 15.6. The molecule has 0 aliphatic heterocycles. The van der Waals surface area contributed by atoms with Gasteiger partial charge in [-0.3, -0.25) is 0 Å². The molecule has 0 spiro atoms. The molecular formula is C13H23N3OS. The first kappa shape index (κ1) is 15.0. The van der Waals surface area contributed by atoms with E-state index in [1.807, 2.05) is 11.3 Å². The van der Waals surface area contributed by atoms with E-state index < -0.39 is 0 Å². The van der Waals surface area contributed by atoms with Gasteiger partial charge in [-0.25, -0.2) is 0 Å². The van der Waals surface area contributed by atoms with Gasteiger partial charge in [0.15, 0.2) is 0 Å². The molecule has 0 bridgehead atoms. The second kappa shape index (κ2) is 7.38. The maximum Gasteiger partial charge on any atom is 0.140 e. The molecule has 0 aromatic carbocycles. The van der Waals surface area contributed by atoms with E-state index in [2.05, 4.69) is 43.4 Å². The molecule has 0 saturated carbocycles. The number of aryl methyl sites for hydroxylation is 1. The van der Waals surface area contributed by atoms with Crippen molar-refractivity contribution in [2.24, 2.45) is 10.9 Å². The summed E-state index contributed by atoms with van der Waals surface area (Å²) >= 11 is 1.84. The van der Waals surface area contributed by atoms with Gasteiger partial charge in [-0.05, 0) is 38.8 Å². The Morgan fingerprint density at radius 3 is 2.78 bits per heavy atom. The van der Waals surface area contributed by atoms with Gasteiger partial charge in [0.1, 0.15) is 5.84 Å². The number of hydrogen-bond donors (Lipinski definition) is 3. The number of nitrogens with two attached hydrogens (primary N) is 1. The molecule has 1 heterocycles. The highest BCUT2D eigenvalue weighted by Crippen LogP contribution is 2.17. The van der Waals surface area contributed by atoms with Crippen molar-refractivity contribution in [3.8, 4) is 0 Å². The summed E-state index contributed by atoms with van der Waals surface area (Å²) in [5.41, 5.74) is 5.54. The summed E-state index contributed by atoms with van der Waals surface area (Å²) < 4.78 is 0. The quantitative estimate of drug-likeness (QED) is 0.308. The van der Waals surface area contributed by atoms with Gasteiger partial charge in [-0.1, -0.05) is 12.1 Å². The lowest BCUT2D eigenvalue weighted by Crippen LogP contribution is -2.39. The number of nitrogens with zero attached hydrogens (tertiary/aromatic N) is 1. The highest BCUT2D eigenvalue weighted by atomic mass is 32.1. The molecule has 1 rings (SSSR count). The van der Waals surface area contributed by atoms with Crippen LogP contribution in [0, 0.1) is 6.92 Å². The number of hydrogen-bond acceptors (Lipinski definition) is 4. The van der Waals surface area contributed by atoms with Crippen molar-refractivity contribution in [3.05, 3.63) is 21.9 Å². The third-order valence-electron chi connectivity index (χ3n) is 2.90. The Morgan fingerprint density at radius 1 is 1.56 bits per heavy atom. The van der Waals surface area contributed by atoms with Gasteiger partial charge in [0, 0.05) is 28.3 Å². The fraction of sp³-hybridized carbons (Fsp3) is 0.615. The summed E-state index contributed by atoms with van der Waals surface area (Å²) in [7, 11) is 0. The van der Waals surface area contributed by atoms with Crippen molar-refractivity contribution in [1.29, 1.82) is 0 Å². The van der Waals surface area contributed by atoms with E-state index >= 15 is 0 Å². The molecule has 102 valence electrons. The van der Waals surface area contributed by atoms with E-state index in [1.54, 1.807) is 0 Å². The lowest BCUT2D eigenvalue weighted by Gasteiger charge is -2.21. The summed E-state index contributed by atoms with van der Waals surface area (Å²) in [5.74, 6) is 0.286. The molecule has 1 aromatic heterocycles. The van der Waals surface area contributed by atoms with Crippen LogP contribution in [0.3, 0.4) is 0 Å². The van der Waals surface area contributed by atoms with Gasteiger partial charge in [-0.15, -0.1) is 11.3 Å². The van der Waals surface area contributed by atoms with E-state index in [9.17, 15) is 0 Å². The van der Waals surface area contributed by atoms with Crippen molar-refractivity contribution < 1.29 is 5.21 Å². The van der Waals surface area contributed by atoms with Gasteiger partial charge in [0.2, 0.25) is 0 Å². The zero-order valence-corrected chi connectivity index (χ0v) is 12.1. The molecule has 0 saturated heterocycles. The molecule has 2 unspecified atom stereocenters. The van der Waals surface area contributed by atoms with Crippen molar-refractivity contribution in [3.63, 3.8) is 0 Å². The second-order valence-corrected chi connectivity index (χ2v) is 6.06. The van der Waals surface area contributed by atoms with Crippen LogP contribution in [-0.2, 0) is 6.42 Å². The Bertz CT molecular complexity index is 389. The first-order valence-electron chi connectivity index (χ1n) is 6.32. The third-order valence-corrected chi connectivity index (χ3v) is 3.92. The molecule has 0 radical (unpaired) electrons. The van der Waals surface area contributed by atoms with Crippen molar-refractivity contribution in [2.45, 2.75) is 52.1 Å². The SMILES string of the molecule is CCC(CC(N)=NO)NC(C)Cc1ccc(C)s1. The van der Waals surface area contributed by atoms with Crippen LogP contribution < -0.4 is 11.1 Å². The van der Waals surface area contributed by atoms with Crippen LogP contribution in [0.25, 0.3) is 0 Å². The maximum atomic E-state index is 8.59. The highest BCUT2D eigenvalue weighted by Gasteiger charge is 2.13. The minimum Gasteiger partial charge on any atom is -0.409 e. The van der Waals surface area contributed by atoms with Crippen LogP contribution in [-0.4, -0.2) is 23.1 Å². The van der Waals surface area contributed by atoms with E-state index in [1.165, 1.54) is 9.75 Å². The predicted octanol–water partition coefficient (Wildman–Crippen LogP) is 2.49. The molecule has 0 amide bonds. The minimum absolute atomic E-state index is 0.261. The first-order chi connectivity index (χ1) is 8.55. The van der Waals surface area contributed by atoms with Gasteiger partial charge >= 0.3 is 0 Å².